The molecule has 0 unspecified atom stereocenters. The molecule has 7 amide bonds. The van der Waals surface area contributed by atoms with E-state index in [0.717, 1.165) is 28.0 Å². The lowest BCUT2D eigenvalue weighted by atomic mass is 9.98. The number of likely N-dealkylation sites (tertiary alicyclic amines) is 3. The molecule has 4 fully saturated rings. The average Bonchev–Trinajstić information content (AvgIpc) is 3.49. The van der Waals surface area contributed by atoms with Crippen molar-refractivity contribution in [3.63, 3.8) is 0 Å². The van der Waals surface area contributed by atoms with Crippen LogP contribution in [0.25, 0.3) is 0 Å². The topological polar surface area (TPSA) is 218 Å². The van der Waals surface area contributed by atoms with Crippen molar-refractivity contribution in [2.24, 2.45) is 5.92 Å². The number of Topliss-reactive ketones (excluding diaryl/α,β-unsaturated/α-hetero) is 1. The summed E-state index contributed by atoms with van der Waals surface area (Å²) in [6, 6.07) is 8.13. The number of ketones is 1. The van der Waals surface area contributed by atoms with Crippen molar-refractivity contribution in [1.82, 2.24) is 30.7 Å². The molecular weight excluding hydrogens is 771 g/mol. The Labute approximate surface area is 350 Å². The number of nitrogens with zero attached hydrogens (tertiary/aromatic N) is 3. The van der Waals surface area contributed by atoms with Gasteiger partial charge in [0.25, 0.3) is 0 Å². The highest BCUT2D eigenvalue weighted by Crippen LogP contribution is 2.48. The van der Waals surface area contributed by atoms with Crippen LogP contribution in [0.5, 0.6) is 0 Å². The van der Waals surface area contributed by atoms with Gasteiger partial charge >= 0.3 is 6.03 Å². The van der Waals surface area contributed by atoms with E-state index in [4.69, 9.17) is 0 Å². The van der Waals surface area contributed by atoms with Crippen LogP contribution in [0.3, 0.4) is 0 Å². The number of carbonyl (C=O) groups is 7. The number of anilines is 1. The van der Waals surface area contributed by atoms with Gasteiger partial charge in [-0.3, -0.25) is 28.8 Å². The van der Waals surface area contributed by atoms with Crippen LogP contribution in [-0.2, 0) is 41.6 Å². The maximum absolute atomic E-state index is 14.4. The van der Waals surface area contributed by atoms with E-state index in [2.05, 4.69) is 21.3 Å². The third-order valence-electron chi connectivity index (χ3n) is 12.3. The molecule has 0 radical (unpaired) electrons. The number of amides is 7. The summed E-state index contributed by atoms with van der Waals surface area (Å²) in [5, 5.41) is 32.6. The van der Waals surface area contributed by atoms with E-state index in [1.165, 1.54) is 11.8 Å². The SMILES string of the molecule is CCc1ccc(NC(=O)N[C@@H](Cc2cccc(C)c2)C(=O)N[C@H](C(=O)N2C[C@H](O)C[C@H]2C(=O)N2CCCC[C@H]2C(=O)N[C@@H](C)C(=O)N2C[C@H](C)C[C@]23CC3=O)[C@H](C)O)cc1. The van der Waals surface area contributed by atoms with Crippen molar-refractivity contribution >= 4 is 47.0 Å². The van der Waals surface area contributed by atoms with E-state index in [9.17, 15) is 43.8 Å². The fourth-order valence-electron chi connectivity index (χ4n) is 9.00. The number of piperidine rings is 1. The number of β-amino-alcohol motifs (C(OH)–C–C–N with tert-alkyl or cyclic N) is 1. The number of benzene rings is 2. The maximum atomic E-state index is 14.4. The van der Waals surface area contributed by atoms with E-state index in [1.54, 1.807) is 24.0 Å². The minimum Gasteiger partial charge on any atom is -0.391 e. The van der Waals surface area contributed by atoms with Gasteiger partial charge in [0.2, 0.25) is 29.5 Å². The Morgan fingerprint density at radius 2 is 1.62 bits per heavy atom. The normalized spacial score (nSPS) is 25.6. The molecule has 0 bridgehead atoms. The Kier molecular flexibility index (Phi) is 13.6. The summed E-state index contributed by atoms with van der Waals surface area (Å²) in [6.07, 6.45) is 0.637. The Morgan fingerprint density at radius 3 is 2.27 bits per heavy atom. The smallest absolute Gasteiger partial charge is 0.319 e. The molecule has 2 aromatic rings. The van der Waals surface area contributed by atoms with Gasteiger partial charge in [0.1, 0.15) is 35.7 Å². The summed E-state index contributed by atoms with van der Waals surface area (Å²) >= 11 is 0. The molecule has 3 saturated heterocycles. The lowest BCUT2D eigenvalue weighted by Gasteiger charge is -2.39. The molecule has 0 aromatic heterocycles. The summed E-state index contributed by atoms with van der Waals surface area (Å²) < 4.78 is 0. The fourth-order valence-corrected chi connectivity index (χ4v) is 9.00. The number of aliphatic hydroxyl groups excluding tert-OH is 2. The van der Waals surface area contributed by atoms with Crippen molar-refractivity contribution in [3.05, 3.63) is 65.2 Å². The van der Waals surface area contributed by atoms with E-state index in [0.29, 0.717) is 44.3 Å². The molecule has 1 saturated carbocycles. The highest BCUT2D eigenvalue weighted by Gasteiger charge is 2.63. The van der Waals surface area contributed by atoms with Gasteiger partial charge < -0.3 is 46.2 Å². The average molecular weight is 830 g/mol. The number of nitrogens with one attached hydrogen (secondary N) is 4. The van der Waals surface area contributed by atoms with E-state index in [-0.39, 0.29) is 43.5 Å². The van der Waals surface area contributed by atoms with Crippen LogP contribution in [0, 0.1) is 12.8 Å². The Balaban J connectivity index is 1.14. The summed E-state index contributed by atoms with van der Waals surface area (Å²) in [4.78, 5) is 99.6. The zero-order valence-electron chi connectivity index (χ0n) is 35.1. The molecule has 6 N–H and O–H groups in total. The lowest BCUT2D eigenvalue weighted by molar-refractivity contribution is -0.152. The zero-order valence-corrected chi connectivity index (χ0v) is 35.1. The molecule has 324 valence electrons. The van der Waals surface area contributed by atoms with Crippen LogP contribution in [0.2, 0.25) is 0 Å². The maximum Gasteiger partial charge on any atom is 0.319 e. The summed E-state index contributed by atoms with van der Waals surface area (Å²) in [6.45, 7) is 9.14. The Bertz CT molecular complexity index is 1970. The number of aryl methyl sites for hydroxylation is 2. The van der Waals surface area contributed by atoms with Gasteiger partial charge in [0.05, 0.1) is 12.2 Å². The monoisotopic (exact) mass is 829 g/mol. The molecule has 3 heterocycles. The number of carbonyl (C=O) groups excluding carboxylic acids is 7. The van der Waals surface area contributed by atoms with E-state index in [1.807, 2.05) is 57.2 Å². The van der Waals surface area contributed by atoms with Gasteiger partial charge in [0, 0.05) is 44.6 Å². The molecule has 1 aliphatic carbocycles. The molecular formula is C44H59N7O9. The third-order valence-corrected chi connectivity index (χ3v) is 12.3. The first kappa shape index (κ1) is 44.2. The minimum atomic E-state index is -1.56. The predicted octanol–water partition coefficient (Wildman–Crippen LogP) is 1.58. The molecule has 6 rings (SSSR count). The summed E-state index contributed by atoms with van der Waals surface area (Å²) in [5.74, 6) is -2.86. The molecule has 9 atom stereocenters. The standard InChI is InChI=1S/C44H59N7O9/c1-6-29-13-15-31(16-14-29)46-43(60)47-33(19-30-11-9-10-25(2)18-30)38(55)48-37(28(5)52)42(59)50-24-32(53)20-35(50)41(58)49-17-8-7-12-34(49)39(56)45-27(4)40(57)51-23-26(3)21-44(51)22-36(44)54/h9-11,13-16,18,26-28,32-35,37,52-53H,6-8,12,17,19-24H2,1-5H3,(H,45,56)(H,48,55)(H2,46,47,60)/t26-,27+,28+,32-,33+,34+,35+,37+,44-/m1/s1. The number of hydrogen-bond donors (Lipinski definition) is 6. The third kappa shape index (κ3) is 9.81. The molecule has 16 nitrogen and oxygen atoms in total. The quantitative estimate of drug-likeness (QED) is 0.173. The number of urea groups is 1. The molecule has 2 aromatic carbocycles. The van der Waals surface area contributed by atoms with Gasteiger partial charge in [0.15, 0.2) is 5.78 Å². The zero-order chi connectivity index (χ0) is 43.5. The van der Waals surface area contributed by atoms with Crippen molar-refractivity contribution in [3.8, 4) is 0 Å². The number of hydrogen-bond acceptors (Lipinski definition) is 9. The summed E-state index contributed by atoms with van der Waals surface area (Å²) in [7, 11) is 0. The minimum absolute atomic E-state index is 0.0217. The molecule has 60 heavy (non-hydrogen) atoms. The van der Waals surface area contributed by atoms with Crippen molar-refractivity contribution in [2.75, 3.05) is 25.0 Å². The van der Waals surface area contributed by atoms with Gasteiger partial charge in [-0.15, -0.1) is 0 Å². The van der Waals surface area contributed by atoms with Gasteiger partial charge in [-0.1, -0.05) is 55.8 Å². The van der Waals surface area contributed by atoms with Crippen molar-refractivity contribution < 1.29 is 43.8 Å². The Hall–Kier alpha value is -5.35. The second-order valence-corrected chi connectivity index (χ2v) is 17.2. The lowest BCUT2D eigenvalue weighted by Crippen LogP contribution is -2.62. The van der Waals surface area contributed by atoms with Gasteiger partial charge in [-0.25, -0.2) is 4.79 Å². The van der Waals surface area contributed by atoms with Crippen LogP contribution in [0.4, 0.5) is 10.5 Å². The second kappa shape index (κ2) is 18.5. The van der Waals surface area contributed by atoms with Crippen LogP contribution in [0.15, 0.2) is 48.5 Å². The van der Waals surface area contributed by atoms with Crippen LogP contribution >= 0.6 is 0 Å². The van der Waals surface area contributed by atoms with Gasteiger partial charge in [-0.2, -0.15) is 0 Å². The van der Waals surface area contributed by atoms with E-state index >= 15 is 0 Å². The predicted molar refractivity (Wildman–Crippen MR) is 221 cm³/mol. The molecule has 4 aliphatic rings. The van der Waals surface area contributed by atoms with E-state index < -0.39 is 77.6 Å². The Morgan fingerprint density at radius 1 is 0.900 bits per heavy atom. The first-order valence-electron chi connectivity index (χ1n) is 21.2. The first-order chi connectivity index (χ1) is 28.5. The molecule has 1 spiro atoms. The number of aliphatic hydroxyl groups is 2. The van der Waals surface area contributed by atoms with Crippen LogP contribution in [0.1, 0.15) is 82.9 Å². The van der Waals surface area contributed by atoms with Crippen LogP contribution < -0.4 is 21.3 Å². The first-order valence-corrected chi connectivity index (χ1v) is 21.2. The molecule has 16 heteroatoms. The van der Waals surface area contributed by atoms with Crippen molar-refractivity contribution in [1.29, 1.82) is 0 Å². The molecule has 3 aliphatic heterocycles. The van der Waals surface area contributed by atoms with Crippen molar-refractivity contribution in [2.45, 2.75) is 134 Å². The van der Waals surface area contributed by atoms with Gasteiger partial charge in [-0.05, 0) is 82.1 Å². The number of rotatable bonds is 13. The highest BCUT2D eigenvalue weighted by atomic mass is 16.3. The second-order valence-electron chi connectivity index (χ2n) is 17.2. The largest absolute Gasteiger partial charge is 0.391 e. The fraction of sp³-hybridized carbons (Fsp3) is 0.568. The highest BCUT2D eigenvalue weighted by molar-refractivity contribution is 6.09. The van der Waals surface area contributed by atoms with Crippen LogP contribution in [-0.4, -0.2) is 134 Å². The summed E-state index contributed by atoms with van der Waals surface area (Å²) in [5.41, 5.74) is 2.49.